The Hall–Kier alpha value is -1.18. The zero-order chi connectivity index (χ0) is 14.5. The van der Waals surface area contributed by atoms with Gasteiger partial charge in [0, 0.05) is 31.9 Å². The van der Waals surface area contributed by atoms with Gasteiger partial charge in [0.1, 0.15) is 0 Å². The van der Waals surface area contributed by atoms with Gasteiger partial charge in [0.15, 0.2) is 0 Å². The third kappa shape index (κ3) is 4.45. The van der Waals surface area contributed by atoms with Crippen molar-refractivity contribution in [3.63, 3.8) is 0 Å². The van der Waals surface area contributed by atoms with Crippen molar-refractivity contribution in [3.8, 4) is 0 Å². The van der Waals surface area contributed by atoms with Gasteiger partial charge in [-0.3, -0.25) is 4.79 Å². The molecule has 0 atom stereocenters. The Kier molecular flexibility index (Phi) is 5.71. The van der Waals surface area contributed by atoms with E-state index < -0.39 is 10.0 Å². The summed E-state index contributed by atoms with van der Waals surface area (Å²) in [5.74, 6) is 0. The van der Waals surface area contributed by atoms with Gasteiger partial charge in [-0.1, -0.05) is 6.92 Å². The molecule has 0 aliphatic carbocycles. The molecule has 1 N–H and O–H groups in total. The van der Waals surface area contributed by atoms with Crippen molar-refractivity contribution in [2.24, 2.45) is 0 Å². The predicted molar refractivity (Wildman–Crippen MR) is 74.7 cm³/mol. The Morgan fingerprint density at radius 1 is 1.16 bits per heavy atom. The van der Waals surface area contributed by atoms with Gasteiger partial charge >= 0.3 is 0 Å². The van der Waals surface area contributed by atoms with Crippen molar-refractivity contribution in [3.05, 3.63) is 28.7 Å². The first kappa shape index (κ1) is 15.9. The maximum Gasteiger partial charge on any atom is 0.247 e. The van der Waals surface area contributed by atoms with Crippen LogP contribution < -0.4 is 5.56 Å². The zero-order valence-corrected chi connectivity index (χ0v) is 12.4. The summed E-state index contributed by atoms with van der Waals surface area (Å²) in [6, 6.07) is 2.56. The lowest BCUT2D eigenvalue weighted by molar-refractivity contribution is 0.333. The first-order valence-electron chi connectivity index (χ1n) is 6.21. The third-order valence-corrected chi connectivity index (χ3v) is 4.56. The number of rotatable bonds is 7. The molecule has 0 bridgehead atoms. The van der Waals surface area contributed by atoms with E-state index in [4.69, 9.17) is 0 Å². The van der Waals surface area contributed by atoms with Crippen LogP contribution in [0.2, 0.25) is 0 Å². The smallest absolute Gasteiger partial charge is 0.247 e. The molecule has 6 nitrogen and oxygen atoms in total. The summed E-state index contributed by atoms with van der Waals surface area (Å²) in [5, 5.41) is 0. The molecule has 0 aliphatic heterocycles. The molecule has 0 aliphatic rings. The number of nitrogens with zero attached hydrogens (tertiary/aromatic N) is 2. The fraction of sp³-hybridized carbons (Fsp3) is 0.583. The molecular formula is C12H21N3O3S. The van der Waals surface area contributed by atoms with E-state index in [1.54, 1.807) is 0 Å². The van der Waals surface area contributed by atoms with Gasteiger partial charge in [-0.2, -0.15) is 4.31 Å². The summed E-state index contributed by atoms with van der Waals surface area (Å²) in [6.07, 6.45) is 1.99. The largest absolute Gasteiger partial charge is 0.328 e. The van der Waals surface area contributed by atoms with Crippen LogP contribution in [0.15, 0.2) is 28.0 Å². The summed E-state index contributed by atoms with van der Waals surface area (Å²) in [4.78, 5) is 15.4. The lowest BCUT2D eigenvalue weighted by atomic mass is 10.4. The summed E-state index contributed by atoms with van der Waals surface area (Å²) < 4.78 is 26.3. The molecule has 1 aromatic heterocycles. The highest BCUT2D eigenvalue weighted by Crippen LogP contribution is 2.13. The quantitative estimate of drug-likeness (QED) is 0.784. The molecule has 0 radical (unpaired) electrons. The van der Waals surface area contributed by atoms with Gasteiger partial charge in [-0.15, -0.1) is 0 Å². The van der Waals surface area contributed by atoms with Crippen LogP contribution >= 0.6 is 0 Å². The van der Waals surface area contributed by atoms with Crippen LogP contribution in [0.4, 0.5) is 0 Å². The van der Waals surface area contributed by atoms with Crippen molar-refractivity contribution in [2.45, 2.75) is 18.2 Å². The summed E-state index contributed by atoms with van der Waals surface area (Å²) in [6.45, 7) is 3.49. The molecule has 0 saturated heterocycles. The van der Waals surface area contributed by atoms with E-state index >= 15 is 0 Å². The molecule has 1 aromatic rings. The molecule has 0 amide bonds. The lowest BCUT2D eigenvalue weighted by Crippen LogP contribution is -2.37. The normalized spacial score (nSPS) is 12.3. The van der Waals surface area contributed by atoms with Crippen molar-refractivity contribution < 1.29 is 8.42 Å². The minimum absolute atomic E-state index is 0.124. The van der Waals surface area contributed by atoms with Gasteiger partial charge in [-0.25, -0.2) is 8.42 Å². The molecule has 19 heavy (non-hydrogen) atoms. The number of H-pyrrole nitrogens is 1. The SMILES string of the molecule is CCCN(CCN(C)C)S(=O)(=O)c1ccc(=O)[nH]c1. The van der Waals surface area contributed by atoms with Crippen LogP contribution in [0.25, 0.3) is 0 Å². The van der Waals surface area contributed by atoms with Crippen LogP contribution in [0.1, 0.15) is 13.3 Å². The third-order valence-electron chi connectivity index (χ3n) is 2.66. The molecule has 0 aromatic carbocycles. The van der Waals surface area contributed by atoms with E-state index in [1.165, 1.54) is 22.6 Å². The van der Waals surface area contributed by atoms with Gasteiger partial charge in [0.05, 0.1) is 4.90 Å². The summed E-state index contributed by atoms with van der Waals surface area (Å²) in [7, 11) is 0.260. The number of likely N-dealkylation sites (N-methyl/N-ethyl adjacent to an activating group) is 1. The van der Waals surface area contributed by atoms with Gasteiger partial charge in [0.25, 0.3) is 0 Å². The first-order chi connectivity index (χ1) is 8.87. The van der Waals surface area contributed by atoms with Crippen LogP contribution in [0, 0.1) is 0 Å². The second-order valence-electron chi connectivity index (χ2n) is 4.60. The number of pyridine rings is 1. The first-order valence-corrected chi connectivity index (χ1v) is 7.65. The Bertz CT molecular complexity index is 531. The number of nitrogens with one attached hydrogen (secondary N) is 1. The number of hydrogen-bond donors (Lipinski definition) is 1. The van der Waals surface area contributed by atoms with Crippen LogP contribution in [0.3, 0.4) is 0 Å². The molecule has 1 heterocycles. The molecule has 7 heteroatoms. The Labute approximate surface area is 114 Å². The molecule has 1 rings (SSSR count). The maximum absolute atomic E-state index is 12.4. The van der Waals surface area contributed by atoms with E-state index in [-0.39, 0.29) is 10.5 Å². The van der Waals surface area contributed by atoms with E-state index in [2.05, 4.69) is 4.98 Å². The number of hydrogen-bond acceptors (Lipinski definition) is 4. The summed E-state index contributed by atoms with van der Waals surface area (Å²) in [5.41, 5.74) is -0.311. The minimum Gasteiger partial charge on any atom is -0.328 e. The fourth-order valence-corrected chi connectivity index (χ4v) is 3.11. The van der Waals surface area contributed by atoms with Crippen molar-refractivity contribution in [1.82, 2.24) is 14.2 Å². The standard InChI is InChI=1S/C12H21N3O3S/c1-4-7-15(9-8-14(2)3)19(17,18)11-5-6-12(16)13-10-11/h5-6,10H,4,7-9H2,1-3H3,(H,13,16). The summed E-state index contributed by atoms with van der Waals surface area (Å²) >= 11 is 0. The Balaban J connectivity index is 2.98. The number of aromatic amines is 1. The molecule has 0 fully saturated rings. The monoisotopic (exact) mass is 287 g/mol. The molecular weight excluding hydrogens is 266 g/mol. The fourth-order valence-electron chi connectivity index (χ4n) is 1.62. The van der Waals surface area contributed by atoms with Gasteiger partial charge < -0.3 is 9.88 Å². The molecule has 0 spiro atoms. The van der Waals surface area contributed by atoms with Crippen molar-refractivity contribution in [1.29, 1.82) is 0 Å². The zero-order valence-electron chi connectivity index (χ0n) is 11.6. The van der Waals surface area contributed by atoms with Crippen LogP contribution in [0.5, 0.6) is 0 Å². The molecule has 0 unspecified atom stereocenters. The molecule has 0 saturated carbocycles. The van der Waals surface area contributed by atoms with E-state index in [0.717, 1.165) is 6.42 Å². The highest BCUT2D eigenvalue weighted by atomic mass is 32.2. The van der Waals surface area contributed by atoms with E-state index in [1.807, 2.05) is 25.9 Å². The minimum atomic E-state index is -3.54. The van der Waals surface area contributed by atoms with Crippen molar-refractivity contribution >= 4 is 10.0 Å². The van der Waals surface area contributed by atoms with Crippen LogP contribution in [-0.2, 0) is 10.0 Å². The Morgan fingerprint density at radius 2 is 1.84 bits per heavy atom. The van der Waals surface area contributed by atoms with Gasteiger partial charge in [-0.05, 0) is 26.6 Å². The van der Waals surface area contributed by atoms with E-state index in [9.17, 15) is 13.2 Å². The predicted octanol–water partition coefficient (Wildman–Crippen LogP) is 0.337. The Morgan fingerprint density at radius 3 is 2.32 bits per heavy atom. The van der Waals surface area contributed by atoms with E-state index in [0.29, 0.717) is 19.6 Å². The lowest BCUT2D eigenvalue weighted by Gasteiger charge is -2.23. The highest BCUT2D eigenvalue weighted by molar-refractivity contribution is 7.89. The molecule has 108 valence electrons. The maximum atomic E-state index is 12.4. The number of aromatic nitrogens is 1. The second kappa shape index (κ2) is 6.83. The highest BCUT2D eigenvalue weighted by Gasteiger charge is 2.23. The average molecular weight is 287 g/mol. The van der Waals surface area contributed by atoms with Crippen molar-refractivity contribution in [2.75, 3.05) is 33.7 Å². The van der Waals surface area contributed by atoms with Gasteiger partial charge in [0.2, 0.25) is 15.6 Å². The number of sulfonamides is 1. The second-order valence-corrected chi connectivity index (χ2v) is 6.53. The topological polar surface area (TPSA) is 73.5 Å². The average Bonchev–Trinajstić information content (AvgIpc) is 2.34. The van der Waals surface area contributed by atoms with Crippen LogP contribution in [-0.4, -0.2) is 56.3 Å².